The van der Waals surface area contributed by atoms with E-state index in [1.807, 2.05) is 6.07 Å². The van der Waals surface area contributed by atoms with Gasteiger partial charge >= 0.3 is 6.09 Å². The average Bonchev–Trinajstić information content (AvgIpc) is 2.47. The number of hydrogen-bond acceptors (Lipinski definition) is 4. The van der Waals surface area contributed by atoms with E-state index >= 15 is 0 Å². The summed E-state index contributed by atoms with van der Waals surface area (Å²) < 4.78 is 5.07. The van der Waals surface area contributed by atoms with Crippen molar-refractivity contribution in [2.45, 2.75) is 0 Å². The fraction of sp³-hybridized carbons (Fsp3) is 0.0714. The Bertz CT molecular complexity index is 614. The summed E-state index contributed by atoms with van der Waals surface area (Å²) in [6.45, 7) is 0. The van der Waals surface area contributed by atoms with Gasteiger partial charge in [0.15, 0.2) is 0 Å². The third-order valence-electron chi connectivity index (χ3n) is 2.43. The molecule has 0 saturated heterocycles. The second-order valence-electron chi connectivity index (χ2n) is 3.87. The predicted molar refractivity (Wildman–Crippen MR) is 73.7 cm³/mol. The molecule has 1 aromatic heterocycles. The summed E-state index contributed by atoms with van der Waals surface area (Å²) in [5, 5.41) is 4.98. The fourth-order valence-corrected chi connectivity index (χ4v) is 1.52. The molecule has 1 heterocycles. The van der Waals surface area contributed by atoms with Crippen molar-refractivity contribution >= 4 is 17.7 Å². The molecule has 0 spiro atoms. The molecule has 2 amide bonds. The van der Waals surface area contributed by atoms with Crippen molar-refractivity contribution in [2.75, 3.05) is 12.4 Å². The number of hydrogen-bond donors (Lipinski definition) is 2. The van der Waals surface area contributed by atoms with Gasteiger partial charge in [-0.15, -0.1) is 0 Å². The summed E-state index contributed by atoms with van der Waals surface area (Å²) in [6, 6.07) is 10.2. The van der Waals surface area contributed by atoms with Crippen LogP contribution in [0.2, 0.25) is 0 Å². The zero-order valence-corrected chi connectivity index (χ0v) is 10.8. The molecule has 0 saturated carbocycles. The van der Waals surface area contributed by atoms with E-state index in [0.29, 0.717) is 17.0 Å². The van der Waals surface area contributed by atoms with E-state index in [4.69, 9.17) is 4.74 Å². The number of rotatable bonds is 3. The molecule has 102 valence electrons. The Morgan fingerprint density at radius 3 is 2.60 bits per heavy atom. The summed E-state index contributed by atoms with van der Waals surface area (Å²) >= 11 is 0. The Labute approximate surface area is 115 Å². The summed E-state index contributed by atoms with van der Waals surface area (Å²) in [5.41, 5.74) is 0.733. The second kappa shape index (κ2) is 6.33. The minimum atomic E-state index is -0.646. The fourth-order valence-electron chi connectivity index (χ4n) is 1.52. The van der Waals surface area contributed by atoms with Gasteiger partial charge in [-0.1, -0.05) is 18.2 Å². The Balaban J connectivity index is 2.03. The lowest BCUT2D eigenvalue weighted by molar-refractivity contribution is 0.0962. The molecule has 0 aliphatic carbocycles. The van der Waals surface area contributed by atoms with E-state index in [-0.39, 0.29) is 5.91 Å². The van der Waals surface area contributed by atoms with Gasteiger partial charge in [0.1, 0.15) is 5.75 Å². The highest BCUT2D eigenvalue weighted by Gasteiger charge is 2.08. The quantitative estimate of drug-likeness (QED) is 0.895. The van der Waals surface area contributed by atoms with E-state index in [0.717, 1.165) is 0 Å². The minimum Gasteiger partial charge on any atom is -0.410 e. The van der Waals surface area contributed by atoms with Crippen LogP contribution in [0.3, 0.4) is 0 Å². The van der Waals surface area contributed by atoms with E-state index < -0.39 is 6.09 Å². The van der Waals surface area contributed by atoms with Crippen LogP contribution in [0.1, 0.15) is 10.4 Å². The van der Waals surface area contributed by atoms with Gasteiger partial charge in [0.05, 0.1) is 17.4 Å². The molecule has 1 aromatic carbocycles. The smallest absolute Gasteiger partial charge is 0.410 e. The van der Waals surface area contributed by atoms with Gasteiger partial charge < -0.3 is 10.1 Å². The molecule has 2 aromatic rings. The molecule has 0 aliphatic rings. The summed E-state index contributed by atoms with van der Waals surface area (Å²) in [7, 11) is 1.52. The van der Waals surface area contributed by atoms with Crippen LogP contribution < -0.4 is 15.4 Å². The highest BCUT2D eigenvalue weighted by molar-refractivity contribution is 5.95. The largest absolute Gasteiger partial charge is 0.417 e. The number of para-hydroxylation sites is 1. The number of ether oxygens (including phenoxy) is 1. The van der Waals surface area contributed by atoms with E-state index in [1.54, 1.807) is 24.3 Å². The molecule has 20 heavy (non-hydrogen) atoms. The first-order chi connectivity index (χ1) is 9.69. The second-order valence-corrected chi connectivity index (χ2v) is 3.87. The number of nitrogens with zero attached hydrogens (tertiary/aromatic N) is 1. The molecule has 0 atom stereocenters. The minimum absolute atomic E-state index is 0.280. The number of carbonyl (C=O) groups excluding carboxylic acids is 2. The maximum atomic E-state index is 11.7. The monoisotopic (exact) mass is 271 g/mol. The van der Waals surface area contributed by atoms with Crippen LogP contribution in [0, 0.1) is 0 Å². The summed E-state index contributed by atoms with van der Waals surface area (Å²) in [4.78, 5) is 27.0. The number of aromatic nitrogens is 1. The van der Waals surface area contributed by atoms with Gasteiger partial charge in [-0.3, -0.25) is 15.1 Å². The zero-order chi connectivity index (χ0) is 14.4. The Morgan fingerprint density at radius 1 is 1.15 bits per heavy atom. The van der Waals surface area contributed by atoms with Crippen molar-refractivity contribution in [2.24, 2.45) is 0 Å². The number of nitrogens with one attached hydrogen (secondary N) is 2. The lowest BCUT2D eigenvalue weighted by Gasteiger charge is -2.07. The van der Waals surface area contributed by atoms with E-state index in [1.165, 1.54) is 25.5 Å². The first-order valence-corrected chi connectivity index (χ1v) is 5.90. The Hall–Kier alpha value is -2.89. The molecule has 0 bridgehead atoms. The molecule has 0 radical (unpaired) electrons. The van der Waals surface area contributed by atoms with Crippen molar-refractivity contribution in [3.63, 3.8) is 0 Å². The van der Waals surface area contributed by atoms with Crippen LogP contribution in [0.4, 0.5) is 10.5 Å². The number of pyridine rings is 1. The van der Waals surface area contributed by atoms with Crippen molar-refractivity contribution in [3.05, 3.63) is 54.4 Å². The van der Waals surface area contributed by atoms with Crippen molar-refractivity contribution < 1.29 is 14.3 Å². The predicted octanol–water partition coefficient (Wildman–Crippen LogP) is 2.05. The standard InChI is InChI=1S/C14H13N3O3/c1-15-13(18)10-7-11(9-16-8-10)17-14(19)20-12-5-3-2-4-6-12/h2-9H,1H3,(H,15,18)(H,17,19). The molecule has 2 N–H and O–H groups in total. The molecule has 0 unspecified atom stereocenters. The normalized spacial score (nSPS) is 9.65. The van der Waals surface area contributed by atoms with Crippen LogP contribution >= 0.6 is 0 Å². The van der Waals surface area contributed by atoms with Crippen LogP contribution in [-0.4, -0.2) is 24.0 Å². The first-order valence-electron chi connectivity index (χ1n) is 5.90. The maximum Gasteiger partial charge on any atom is 0.417 e. The first kappa shape index (κ1) is 13.5. The Morgan fingerprint density at radius 2 is 1.90 bits per heavy atom. The third-order valence-corrected chi connectivity index (χ3v) is 2.43. The van der Waals surface area contributed by atoms with Crippen molar-refractivity contribution in [3.8, 4) is 5.75 Å². The van der Waals surface area contributed by atoms with Crippen LogP contribution in [0.5, 0.6) is 5.75 Å². The van der Waals surface area contributed by atoms with Gasteiger partial charge in [0.2, 0.25) is 0 Å². The van der Waals surface area contributed by atoms with Gasteiger partial charge in [0.25, 0.3) is 5.91 Å². The maximum absolute atomic E-state index is 11.7. The molecule has 0 fully saturated rings. The topological polar surface area (TPSA) is 80.3 Å². The Kier molecular flexibility index (Phi) is 4.28. The van der Waals surface area contributed by atoms with E-state index in [9.17, 15) is 9.59 Å². The van der Waals surface area contributed by atoms with Crippen molar-refractivity contribution in [1.29, 1.82) is 0 Å². The molecule has 6 nitrogen and oxygen atoms in total. The molecular formula is C14H13N3O3. The number of anilines is 1. The lowest BCUT2D eigenvalue weighted by Crippen LogP contribution is -2.20. The van der Waals surface area contributed by atoms with Gasteiger partial charge in [0, 0.05) is 13.2 Å². The lowest BCUT2D eigenvalue weighted by atomic mass is 10.2. The number of amides is 2. The van der Waals surface area contributed by atoms with Gasteiger partial charge in [-0.05, 0) is 18.2 Å². The summed E-state index contributed by atoms with van der Waals surface area (Å²) in [5.74, 6) is 0.151. The number of benzene rings is 1. The molecule has 0 aliphatic heterocycles. The zero-order valence-electron chi connectivity index (χ0n) is 10.8. The van der Waals surface area contributed by atoms with Gasteiger partial charge in [-0.25, -0.2) is 4.79 Å². The highest BCUT2D eigenvalue weighted by Crippen LogP contribution is 2.12. The molecule has 2 rings (SSSR count). The van der Waals surface area contributed by atoms with Crippen LogP contribution in [0.25, 0.3) is 0 Å². The third kappa shape index (κ3) is 3.55. The molecule has 6 heteroatoms. The number of carbonyl (C=O) groups is 2. The molecular weight excluding hydrogens is 258 g/mol. The van der Waals surface area contributed by atoms with Crippen LogP contribution in [-0.2, 0) is 0 Å². The highest BCUT2D eigenvalue weighted by atomic mass is 16.6. The SMILES string of the molecule is CNC(=O)c1cncc(NC(=O)Oc2ccccc2)c1. The van der Waals surface area contributed by atoms with E-state index in [2.05, 4.69) is 15.6 Å². The van der Waals surface area contributed by atoms with Crippen molar-refractivity contribution in [1.82, 2.24) is 10.3 Å². The van der Waals surface area contributed by atoms with Gasteiger partial charge in [-0.2, -0.15) is 0 Å². The van der Waals surface area contributed by atoms with Crippen LogP contribution in [0.15, 0.2) is 48.8 Å². The summed E-state index contributed by atoms with van der Waals surface area (Å²) in [6.07, 6.45) is 2.19. The average molecular weight is 271 g/mol.